The fourth-order valence-electron chi connectivity index (χ4n) is 1.34. The summed E-state index contributed by atoms with van der Waals surface area (Å²) in [6, 6.07) is 0. The van der Waals surface area contributed by atoms with Crippen LogP contribution >= 0.6 is 23.2 Å². The van der Waals surface area contributed by atoms with Crippen molar-refractivity contribution < 1.29 is 14.3 Å². The van der Waals surface area contributed by atoms with Crippen LogP contribution in [-0.4, -0.2) is 16.8 Å². The van der Waals surface area contributed by atoms with Crippen LogP contribution < -0.4 is 0 Å². The lowest BCUT2D eigenvalue weighted by atomic mass is 9.90. The predicted octanol–water partition coefficient (Wildman–Crippen LogP) is 1.36. The molecule has 2 aliphatic rings. The molecule has 0 spiro atoms. The standard InChI is InChI=1S/C8H4Cl2O3/c9-4-1-2-5-6(11)13-7(12)8(5,10)3-4/h1-3,5H. The minimum Gasteiger partial charge on any atom is -0.391 e. The van der Waals surface area contributed by atoms with Crippen LogP contribution in [0.1, 0.15) is 0 Å². The molecule has 2 atom stereocenters. The minimum absolute atomic E-state index is 0.331. The fraction of sp³-hybridized carbons (Fsp3) is 0.250. The maximum Gasteiger partial charge on any atom is 0.340 e. The first-order chi connectivity index (χ1) is 6.04. The average molecular weight is 219 g/mol. The minimum atomic E-state index is -1.43. The van der Waals surface area contributed by atoms with E-state index in [1.54, 1.807) is 0 Å². The Bertz CT molecular complexity index is 358. The summed E-state index contributed by atoms with van der Waals surface area (Å²) in [6.45, 7) is 0. The Balaban J connectivity index is 2.51. The number of hydrogen-bond donors (Lipinski definition) is 0. The van der Waals surface area contributed by atoms with Gasteiger partial charge in [0.1, 0.15) is 5.92 Å². The van der Waals surface area contributed by atoms with Gasteiger partial charge in [-0.25, -0.2) is 4.79 Å². The molecule has 1 fully saturated rings. The Kier molecular flexibility index (Phi) is 1.75. The molecule has 0 aromatic carbocycles. The van der Waals surface area contributed by atoms with Crippen molar-refractivity contribution in [2.24, 2.45) is 5.92 Å². The molecule has 3 nitrogen and oxygen atoms in total. The highest BCUT2D eigenvalue weighted by molar-refractivity contribution is 6.41. The van der Waals surface area contributed by atoms with E-state index >= 15 is 0 Å². The summed E-state index contributed by atoms with van der Waals surface area (Å²) in [5.74, 6) is -2.13. The molecule has 0 bridgehead atoms. The van der Waals surface area contributed by atoms with Crippen LogP contribution in [0.2, 0.25) is 0 Å². The van der Waals surface area contributed by atoms with Crippen molar-refractivity contribution in [3.05, 3.63) is 23.3 Å². The zero-order valence-electron chi connectivity index (χ0n) is 6.29. The van der Waals surface area contributed by atoms with Gasteiger partial charge in [-0.1, -0.05) is 17.7 Å². The number of esters is 2. The molecule has 13 heavy (non-hydrogen) atoms. The first kappa shape index (κ1) is 8.78. The van der Waals surface area contributed by atoms with Crippen LogP contribution in [-0.2, 0) is 14.3 Å². The molecule has 1 aliphatic carbocycles. The van der Waals surface area contributed by atoms with Gasteiger partial charge in [-0.3, -0.25) is 4.79 Å². The number of allylic oxidation sites excluding steroid dienone is 2. The Labute approximate surface area is 83.9 Å². The normalized spacial score (nSPS) is 37.1. The lowest BCUT2D eigenvalue weighted by Gasteiger charge is -2.19. The molecule has 0 amide bonds. The third-order valence-electron chi connectivity index (χ3n) is 2.01. The Morgan fingerprint density at radius 1 is 1.46 bits per heavy atom. The van der Waals surface area contributed by atoms with Gasteiger partial charge in [0.15, 0.2) is 4.87 Å². The largest absolute Gasteiger partial charge is 0.391 e. The third kappa shape index (κ3) is 1.11. The molecule has 2 unspecified atom stereocenters. The second-order valence-corrected chi connectivity index (χ2v) is 3.90. The third-order valence-corrected chi connectivity index (χ3v) is 2.74. The van der Waals surface area contributed by atoms with Crippen LogP contribution in [0.4, 0.5) is 0 Å². The van der Waals surface area contributed by atoms with Crippen LogP contribution in [0.25, 0.3) is 0 Å². The van der Waals surface area contributed by atoms with Crippen molar-refractivity contribution >= 4 is 35.1 Å². The Morgan fingerprint density at radius 2 is 2.15 bits per heavy atom. The van der Waals surface area contributed by atoms with Crippen LogP contribution in [0.3, 0.4) is 0 Å². The quantitative estimate of drug-likeness (QED) is 0.351. The molecular formula is C8H4Cl2O3. The van der Waals surface area contributed by atoms with E-state index < -0.39 is 22.7 Å². The number of carbonyl (C=O) groups excluding carboxylic acids is 2. The smallest absolute Gasteiger partial charge is 0.340 e. The lowest BCUT2D eigenvalue weighted by Crippen LogP contribution is -2.33. The molecule has 1 aliphatic heterocycles. The van der Waals surface area contributed by atoms with Crippen molar-refractivity contribution in [1.82, 2.24) is 0 Å². The second kappa shape index (κ2) is 2.59. The lowest BCUT2D eigenvalue weighted by molar-refractivity contribution is -0.153. The second-order valence-electron chi connectivity index (χ2n) is 2.84. The van der Waals surface area contributed by atoms with E-state index in [2.05, 4.69) is 4.74 Å². The molecule has 0 N–H and O–H groups in total. The highest BCUT2D eigenvalue weighted by Crippen LogP contribution is 2.40. The van der Waals surface area contributed by atoms with Gasteiger partial charge in [-0.05, 0) is 12.2 Å². The Hall–Kier alpha value is -0.800. The number of fused-ring (bicyclic) bond motifs is 1. The van der Waals surface area contributed by atoms with Crippen LogP contribution in [0, 0.1) is 5.92 Å². The van der Waals surface area contributed by atoms with E-state index in [-0.39, 0.29) is 0 Å². The molecule has 0 saturated carbocycles. The average Bonchev–Trinajstić information content (AvgIpc) is 2.23. The number of hydrogen-bond acceptors (Lipinski definition) is 3. The maximum atomic E-state index is 11.2. The van der Waals surface area contributed by atoms with E-state index in [0.29, 0.717) is 5.03 Å². The summed E-state index contributed by atoms with van der Waals surface area (Å²) in [5.41, 5.74) is 0. The fourth-order valence-corrected chi connectivity index (χ4v) is 1.95. The summed E-state index contributed by atoms with van der Waals surface area (Å²) in [6.07, 6.45) is 4.32. The molecule has 5 heteroatoms. The first-order valence-electron chi connectivity index (χ1n) is 3.55. The summed E-state index contributed by atoms with van der Waals surface area (Å²) in [7, 11) is 0. The van der Waals surface area contributed by atoms with E-state index in [9.17, 15) is 9.59 Å². The molecule has 68 valence electrons. The summed E-state index contributed by atoms with van der Waals surface area (Å²) in [5, 5.41) is 0.331. The van der Waals surface area contributed by atoms with Gasteiger partial charge in [-0.2, -0.15) is 0 Å². The Morgan fingerprint density at radius 3 is 2.85 bits per heavy atom. The van der Waals surface area contributed by atoms with E-state index in [4.69, 9.17) is 23.2 Å². The van der Waals surface area contributed by atoms with Gasteiger partial charge in [0.2, 0.25) is 0 Å². The van der Waals surface area contributed by atoms with Crippen LogP contribution in [0.5, 0.6) is 0 Å². The van der Waals surface area contributed by atoms with E-state index in [1.807, 2.05) is 0 Å². The topological polar surface area (TPSA) is 43.4 Å². The predicted molar refractivity (Wildman–Crippen MR) is 46.2 cm³/mol. The molecule has 0 aromatic heterocycles. The molecule has 0 aromatic rings. The number of cyclic esters (lactones) is 2. The van der Waals surface area contributed by atoms with E-state index in [0.717, 1.165) is 0 Å². The van der Waals surface area contributed by atoms with Crippen LogP contribution in [0.15, 0.2) is 23.3 Å². The monoisotopic (exact) mass is 218 g/mol. The zero-order valence-corrected chi connectivity index (χ0v) is 7.80. The number of ether oxygens (including phenoxy) is 1. The maximum absolute atomic E-state index is 11.2. The molecule has 0 radical (unpaired) electrons. The van der Waals surface area contributed by atoms with Crippen molar-refractivity contribution in [2.45, 2.75) is 4.87 Å². The van der Waals surface area contributed by atoms with Crippen molar-refractivity contribution in [3.8, 4) is 0 Å². The number of carbonyl (C=O) groups is 2. The zero-order chi connectivity index (χ0) is 9.64. The van der Waals surface area contributed by atoms with E-state index in [1.165, 1.54) is 18.2 Å². The molecule has 1 saturated heterocycles. The highest BCUT2D eigenvalue weighted by Gasteiger charge is 2.55. The van der Waals surface area contributed by atoms with Gasteiger partial charge in [0.25, 0.3) is 0 Å². The van der Waals surface area contributed by atoms with Gasteiger partial charge < -0.3 is 4.74 Å². The van der Waals surface area contributed by atoms with Crippen molar-refractivity contribution in [3.63, 3.8) is 0 Å². The van der Waals surface area contributed by atoms with Gasteiger partial charge in [0.05, 0.1) is 0 Å². The number of rotatable bonds is 0. The highest BCUT2D eigenvalue weighted by atomic mass is 35.5. The van der Waals surface area contributed by atoms with Crippen molar-refractivity contribution in [1.29, 1.82) is 0 Å². The summed E-state index contributed by atoms with van der Waals surface area (Å²) in [4.78, 5) is 20.8. The number of alkyl halides is 1. The molecule has 1 heterocycles. The summed E-state index contributed by atoms with van der Waals surface area (Å²) < 4.78 is 4.40. The van der Waals surface area contributed by atoms with Gasteiger partial charge >= 0.3 is 11.9 Å². The van der Waals surface area contributed by atoms with Gasteiger partial charge in [-0.15, -0.1) is 11.6 Å². The first-order valence-corrected chi connectivity index (χ1v) is 4.31. The molecular weight excluding hydrogens is 215 g/mol. The van der Waals surface area contributed by atoms with Gasteiger partial charge in [0, 0.05) is 5.03 Å². The van der Waals surface area contributed by atoms with Crippen molar-refractivity contribution in [2.75, 3.05) is 0 Å². The number of halogens is 2. The summed E-state index contributed by atoms with van der Waals surface area (Å²) >= 11 is 11.6. The SMILES string of the molecule is O=C1OC(=O)C2(Cl)C=C(Cl)C=CC12. The molecule has 2 rings (SSSR count).